The molecule has 0 saturated heterocycles. The smallest absolute Gasteiger partial charge is 0.254 e. The van der Waals surface area contributed by atoms with Crippen molar-refractivity contribution in [3.8, 4) is 5.69 Å². The van der Waals surface area contributed by atoms with Crippen LogP contribution in [0.25, 0.3) is 5.69 Å². The third-order valence-electron chi connectivity index (χ3n) is 4.39. The van der Waals surface area contributed by atoms with E-state index in [-0.39, 0.29) is 5.91 Å². The SMILES string of the molecule is CNC(=O)c1cnc(Cl)cc1Nc1cccc2c1N(C)Cc1nc(C)nn1-2. The zero-order chi connectivity index (χ0) is 19.1. The molecule has 3 heterocycles. The van der Waals surface area contributed by atoms with Crippen LogP contribution in [-0.2, 0) is 6.54 Å². The first-order valence-corrected chi connectivity index (χ1v) is 8.77. The number of amides is 1. The second-order valence-corrected chi connectivity index (χ2v) is 6.66. The predicted octanol–water partition coefficient (Wildman–Crippen LogP) is 2.68. The molecule has 0 saturated carbocycles. The lowest BCUT2D eigenvalue weighted by atomic mass is 10.1. The number of benzene rings is 1. The van der Waals surface area contributed by atoms with Gasteiger partial charge in [-0.1, -0.05) is 17.7 Å². The number of nitrogens with one attached hydrogen (secondary N) is 2. The Morgan fingerprint density at radius 2 is 2.11 bits per heavy atom. The number of halogens is 1. The maximum Gasteiger partial charge on any atom is 0.254 e. The Bertz CT molecular complexity index is 1050. The Balaban J connectivity index is 1.82. The van der Waals surface area contributed by atoms with E-state index in [2.05, 4.69) is 30.6 Å². The van der Waals surface area contributed by atoms with Gasteiger partial charge in [-0.25, -0.2) is 14.6 Å². The van der Waals surface area contributed by atoms with Crippen molar-refractivity contribution in [1.82, 2.24) is 25.1 Å². The van der Waals surface area contributed by atoms with Crippen LogP contribution in [0.4, 0.5) is 17.1 Å². The largest absolute Gasteiger partial charge is 0.364 e. The molecule has 1 aliphatic heterocycles. The molecule has 138 valence electrons. The number of anilines is 3. The number of carbonyl (C=O) groups is 1. The van der Waals surface area contributed by atoms with Gasteiger partial charge in [0.15, 0.2) is 5.82 Å². The number of hydrogen-bond acceptors (Lipinski definition) is 6. The summed E-state index contributed by atoms with van der Waals surface area (Å²) in [5.74, 6) is 1.37. The molecule has 0 fully saturated rings. The first-order valence-electron chi connectivity index (χ1n) is 8.39. The molecule has 2 aromatic heterocycles. The molecule has 2 N–H and O–H groups in total. The van der Waals surface area contributed by atoms with Crippen LogP contribution in [-0.4, -0.2) is 39.8 Å². The van der Waals surface area contributed by atoms with Crippen molar-refractivity contribution in [2.75, 3.05) is 24.3 Å². The summed E-state index contributed by atoms with van der Waals surface area (Å²) in [4.78, 5) is 22.8. The van der Waals surface area contributed by atoms with Crippen molar-refractivity contribution in [3.63, 3.8) is 0 Å². The molecule has 1 amide bonds. The molecule has 1 aromatic carbocycles. The number of hydrogen-bond donors (Lipinski definition) is 2. The van der Waals surface area contributed by atoms with Gasteiger partial charge in [-0.05, 0) is 25.1 Å². The fourth-order valence-corrected chi connectivity index (χ4v) is 3.40. The number of aromatic nitrogens is 4. The van der Waals surface area contributed by atoms with Gasteiger partial charge in [-0.3, -0.25) is 4.79 Å². The highest BCUT2D eigenvalue weighted by atomic mass is 35.5. The Morgan fingerprint density at radius 1 is 1.30 bits per heavy atom. The second kappa shape index (κ2) is 6.55. The lowest BCUT2D eigenvalue weighted by Gasteiger charge is -2.30. The van der Waals surface area contributed by atoms with Crippen LogP contribution in [0, 0.1) is 6.92 Å². The molecular weight excluding hydrogens is 366 g/mol. The maximum atomic E-state index is 12.2. The van der Waals surface area contributed by atoms with E-state index >= 15 is 0 Å². The van der Waals surface area contributed by atoms with Gasteiger partial charge in [-0.2, -0.15) is 5.10 Å². The predicted molar refractivity (Wildman–Crippen MR) is 104 cm³/mol. The molecule has 0 bridgehead atoms. The number of fused-ring (bicyclic) bond motifs is 3. The van der Waals surface area contributed by atoms with Crippen LogP contribution in [0.5, 0.6) is 0 Å². The van der Waals surface area contributed by atoms with Crippen LogP contribution in [0.1, 0.15) is 22.0 Å². The second-order valence-electron chi connectivity index (χ2n) is 6.27. The molecule has 0 unspecified atom stereocenters. The number of carbonyl (C=O) groups excluding carboxylic acids is 1. The Morgan fingerprint density at radius 3 is 2.89 bits per heavy atom. The van der Waals surface area contributed by atoms with Crippen LogP contribution in [0.3, 0.4) is 0 Å². The average molecular weight is 384 g/mol. The number of aryl methyl sites for hydroxylation is 1. The first kappa shape index (κ1) is 17.3. The van der Waals surface area contributed by atoms with Crippen molar-refractivity contribution >= 4 is 34.6 Å². The van der Waals surface area contributed by atoms with E-state index in [0.29, 0.717) is 22.9 Å². The van der Waals surface area contributed by atoms with Crippen LogP contribution in [0.15, 0.2) is 30.5 Å². The Hall–Kier alpha value is -3.13. The zero-order valence-electron chi connectivity index (χ0n) is 15.1. The molecule has 4 rings (SSSR count). The Kier molecular flexibility index (Phi) is 4.19. The van der Waals surface area contributed by atoms with E-state index in [1.807, 2.05) is 36.9 Å². The highest BCUT2D eigenvalue weighted by Crippen LogP contribution is 2.38. The minimum atomic E-state index is -0.242. The minimum absolute atomic E-state index is 0.242. The van der Waals surface area contributed by atoms with E-state index in [0.717, 1.165) is 28.7 Å². The van der Waals surface area contributed by atoms with Gasteiger partial charge in [0.1, 0.15) is 11.0 Å². The molecule has 1 aliphatic rings. The van der Waals surface area contributed by atoms with E-state index in [4.69, 9.17) is 11.6 Å². The van der Waals surface area contributed by atoms with Gasteiger partial charge in [0.05, 0.1) is 34.9 Å². The normalized spacial score (nSPS) is 12.4. The van der Waals surface area contributed by atoms with Gasteiger partial charge < -0.3 is 15.5 Å². The summed E-state index contributed by atoms with van der Waals surface area (Å²) in [6, 6.07) is 7.52. The number of nitrogens with zero attached hydrogens (tertiary/aromatic N) is 5. The number of para-hydroxylation sites is 1. The molecular formula is C18H18ClN7O. The lowest BCUT2D eigenvalue weighted by molar-refractivity contribution is 0.0963. The van der Waals surface area contributed by atoms with Crippen molar-refractivity contribution in [2.24, 2.45) is 0 Å². The minimum Gasteiger partial charge on any atom is -0.364 e. The average Bonchev–Trinajstić information content (AvgIpc) is 3.01. The summed E-state index contributed by atoms with van der Waals surface area (Å²) >= 11 is 6.06. The molecule has 9 heteroatoms. The lowest BCUT2D eigenvalue weighted by Crippen LogP contribution is -2.27. The van der Waals surface area contributed by atoms with Crippen LogP contribution >= 0.6 is 11.6 Å². The van der Waals surface area contributed by atoms with Gasteiger partial charge in [0, 0.05) is 20.3 Å². The third-order valence-corrected chi connectivity index (χ3v) is 4.60. The highest BCUT2D eigenvalue weighted by Gasteiger charge is 2.25. The van der Waals surface area contributed by atoms with Crippen molar-refractivity contribution in [2.45, 2.75) is 13.5 Å². The van der Waals surface area contributed by atoms with Crippen molar-refractivity contribution in [1.29, 1.82) is 0 Å². The van der Waals surface area contributed by atoms with Gasteiger partial charge in [0.2, 0.25) is 0 Å². The van der Waals surface area contributed by atoms with Gasteiger partial charge in [-0.15, -0.1) is 0 Å². The van der Waals surface area contributed by atoms with Gasteiger partial charge >= 0.3 is 0 Å². The van der Waals surface area contributed by atoms with E-state index < -0.39 is 0 Å². The fraction of sp³-hybridized carbons (Fsp3) is 0.222. The zero-order valence-corrected chi connectivity index (χ0v) is 15.9. The molecule has 0 radical (unpaired) electrons. The molecule has 8 nitrogen and oxygen atoms in total. The standard InChI is InChI=1S/C18H18ClN7O/c1-10-22-16-9-25(3)17-12(5-4-6-14(17)26(16)24-10)23-13-7-15(19)21-8-11(13)18(27)20-2/h4-8H,9H2,1-3H3,(H,20,27)(H,21,23). The van der Waals surface area contributed by atoms with E-state index in [1.165, 1.54) is 6.20 Å². The van der Waals surface area contributed by atoms with Crippen molar-refractivity contribution in [3.05, 3.63) is 52.8 Å². The van der Waals surface area contributed by atoms with Crippen LogP contribution < -0.4 is 15.5 Å². The maximum absolute atomic E-state index is 12.2. The Labute approximate surface area is 161 Å². The number of rotatable bonds is 3. The molecule has 3 aromatic rings. The van der Waals surface area contributed by atoms with Crippen LogP contribution in [0.2, 0.25) is 5.15 Å². The van der Waals surface area contributed by atoms with E-state index in [9.17, 15) is 4.79 Å². The van der Waals surface area contributed by atoms with E-state index in [1.54, 1.807) is 13.1 Å². The monoisotopic (exact) mass is 383 g/mol. The fourth-order valence-electron chi connectivity index (χ4n) is 3.24. The van der Waals surface area contributed by atoms with Crippen molar-refractivity contribution < 1.29 is 4.79 Å². The first-order chi connectivity index (χ1) is 13.0. The molecule has 0 aliphatic carbocycles. The summed E-state index contributed by atoms with van der Waals surface area (Å²) in [6.07, 6.45) is 1.46. The summed E-state index contributed by atoms with van der Waals surface area (Å²) in [7, 11) is 3.57. The van der Waals surface area contributed by atoms with Gasteiger partial charge in [0.25, 0.3) is 5.91 Å². The molecule has 0 spiro atoms. The molecule has 27 heavy (non-hydrogen) atoms. The third kappa shape index (κ3) is 2.97. The summed E-state index contributed by atoms with van der Waals surface area (Å²) in [5.41, 5.74) is 3.71. The quantitative estimate of drug-likeness (QED) is 0.676. The molecule has 0 atom stereocenters. The number of pyridine rings is 1. The topological polar surface area (TPSA) is 88.0 Å². The summed E-state index contributed by atoms with van der Waals surface area (Å²) < 4.78 is 1.86. The summed E-state index contributed by atoms with van der Waals surface area (Å²) in [5, 5.41) is 10.8. The summed E-state index contributed by atoms with van der Waals surface area (Å²) in [6.45, 7) is 2.51. The highest BCUT2D eigenvalue weighted by molar-refractivity contribution is 6.29.